The first-order chi connectivity index (χ1) is 6.66. The lowest BCUT2D eigenvalue weighted by Crippen LogP contribution is -1.99. The molecular formula is C12H15BrO. The lowest BCUT2D eigenvalue weighted by atomic mass is 10.0. The van der Waals surface area contributed by atoms with Crippen molar-refractivity contribution in [2.24, 2.45) is 5.92 Å². The highest BCUT2D eigenvalue weighted by molar-refractivity contribution is 9.10. The Kier molecular flexibility index (Phi) is 2.93. The van der Waals surface area contributed by atoms with Crippen molar-refractivity contribution in [1.82, 2.24) is 0 Å². The van der Waals surface area contributed by atoms with Crippen molar-refractivity contribution < 1.29 is 5.11 Å². The minimum Gasteiger partial charge on any atom is -0.388 e. The third kappa shape index (κ3) is 2.37. The first-order valence-corrected chi connectivity index (χ1v) is 5.90. The van der Waals surface area contributed by atoms with Gasteiger partial charge in [0.2, 0.25) is 0 Å². The fourth-order valence-corrected chi connectivity index (χ4v) is 2.46. The van der Waals surface area contributed by atoms with Gasteiger partial charge >= 0.3 is 0 Å². The summed E-state index contributed by atoms with van der Waals surface area (Å²) in [7, 11) is 0. The van der Waals surface area contributed by atoms with Crippen LogP contribution in [0, 0.1) is 12.8 Å². The van der Waals surface area contributed by atoms with E-state index in [4.69, 9.17) is 0 Å². The van der Waals surface area contributed by atoms with Crippen LogP contribution in [0.1, 0.15) is 36.5 Å². The zero-order valence-corrected chi connectivity index (χ0v) is 9.92. The number of hydrogen-bond acceptors (Lipinski definition) is 1. The van der Waals surface area contributed by atoms with Crippen molar-refractivity contribution >= 4 is 15.9 Å². The number of benzene rings is 1. The summed E-state index contributed by atoms with van der Waals surface area (Å²) in [6.07, 6.45) is 3.21. The van der Waals surface area contributed by atoms with Crippen molar-refractivity contribution in [3.05, 3.63) is 33.8 Å². The van der Waals surface area contributed by atoms with Gasteiger partial charge in [-0.2, -0.15) is 0 Å². The molecule has 1 saturated carbocycles. The van der Waals surface area contributed by atoms with Gasteiger partial charge in [0.1, 0.15) is 0 Å². The van der Waals surface area contributed by atoms with Crippen molar-refractivity contribution in [3.8, 4) is 0 Å². The van der Waals surface area contributed by atoms with E-state index in [0.29, 0.717) is 0 Å². The third-order valence-corrected chi connectivity index (χ3v) is 3.46. The summed E-state index contributed by atoms with van der Waals surface area (Å²) in [5, 5.41) is 9.97. The minimum absolute atomic E-state index is 0.294. The fraction of sp³-hybridized carbons (Fsp3) is 0.500. The van der Waals surface area contributed by atoms with E-state index in [1.54, 1.807) is 0 Å². The van der Waals surface area contributed by atoms with Gasteiger partial charge in [0.05, 0.1) is 6.10 Å². The Morgan fingerprint density at radius 2 is 2.21 bits per heavy atom. The molecule has 0 aliphatic heterocycles. The van der Waals surface area contributed by atoms with Crippen LogP contribution in [-0.2, 0) is 0 Å². The van der Waals surface area contributed by atoms with E-state index >= 15 is 0 Å². The van der Waals surface area contributed by atoms with Gasteiger partial charge in [0, 0.05) is 4.47 Å². The average molecular weight is 255 g/mol. The summed E-state index contributed by atoms with van der Waals surface area (Å²) in [5.74, 6) is 0.762. The Morgan fingerprint density at radius 3 is 2.79 bits per heavy atom. The molecule has 0 saturated heterocycles. The summed E-state index contributed by atoms with van der Waals surface area (Å²) < 4.78 is 1.03. The number of rotatable bonds is 3. The molecule has 2 rings (SSSR count). The number of aryl methyl sites for hydroxylation is 1. The summed E-state index contributed by atoms with van der Waals surface area (Å²) in [4.78, 5) is 0. The molecule has 1 N–H and O–H groups in total. The maximum atomic E-state index is 9.97. The quantitative estimate of drug-likeness (QED) is 0.875. The molecule has 0 amide bonds. The normalized spacial score (nSPS) is 18.2. The van der Waals surface area contributed by atoms with Crippen molar-refractivity contribution in [3.63, 3.8) is 0 Å². The molecule has 14 heavy (non-hydrogen) atoms. The molecule has 0 bridgehead atoms. The predicted molar refractivity (Wildman–Crippen MR) is 61.2 cm³/mol. The van der Waals surface area contributed by atoms with Crippen LogP contribution < -0.4 is 0 Å². The summed E-state index contributed by atoms with van der Waals surface area (Å²) in [5.41, 5.74) is 2.25. The molecule has 1 aromatic rings. The molecule has 1 aliphatic rings. The Hall–Kier alpha value is -0.340. The Morgan fingerprint density at radius 1 is 1.50 bits per heavy atom. The van der Waals surface area contributed by atoms with Crippen LogP contribution in [0.15, 0.2) is 22.7 Å². The van der Waals surface area contributed by atoms with Crippen LogP contribution >= 0.6 is 15.9 Å². The second-order valence-electron chi connectivity index (χ2n) is 4.22. The molecule has 0 radical (unpaired) electrons. The van der Waals surface area contributed by atoms with Gasteiger partial charge in [-0.1, -0.05) is 40.9 Å². The molecule has 0 spiro atoms. The summed E-state index contributed by atoms with van der Waals surface area (Å²) in [6.45, 7) is 2.06. The molecular weight excluding hydrogens is 240 g/mol. The number of hydrogen-bond donors (Lipinski definition) is 1. The molecule has 0 aromatic heterocycles. The van der Waals surface area contributed by atoms with E-state index in [9.17, 15) is 5.11 Å². The topological polar surface area (TPSA) is 20.2 Å². The van der Waals surface area contributed by atoms with E-state index < -0.39 is 0 Å². The van der Waals surface area contributed by atoms with Gasteiger partial charge in [-0.15, -0.1) is 0 Å². The molecule has 1 fully saturated rings. The highest BCUT2D eigenvalue weighted by Gasteiger charge is 2.25. The van der Waals surface area contributed by atoms with E-state index in [1.807, 2.05) is 6.07 Å². The van der Waals surface area contributed by atoms with Crippen LogP contribution in [0.2, 0.25) is 0 Å². The van der Waals surface area contributed by atoms with Crippen LogP contribution in [-0.4, -0.2) is 5.11 Å². The molecule has 1 atom stereocenters. The lowest BCUT2D eigenvalue weighted by molar-refractivity contribution is 0.159. The van der Waals surface area contributed by atoms with Gasteiger partial charge in [-0.25, -0.2) is 0 Å². The smallest absolute Gasteiger partial charge is 0.0803 e. The number of aliphatic hydroxyl groups is 1. The first kappa shape index (κ1) is 10.2. The number of aliphatic hydroxyl groups excluding tert-OH is 1. The summed E-state index contributed by atoms with van der Waals surface area (Å²) >= 11 is 3.50. The zero-order valence-electron chi connectivity index (χ0n) is 8.33. The Bertz CT molecular complexity index is 331. The van der Waals surface area contributed by atoms with Gasteiger partial charge < -0.3 is 5.11 Å². The van der Waals surface area contributed by atoms with Gasteiger partial charge in [-0.05, 0) is 36.5 Å². The van der Waals surface area contributed by atoms with Gasteiger partial charge in [-0.3, -0.25) is 0 Å². The van der Waals surface area contributed by atoms with Gasteiger partial charge in [0.25, 0.3) is 0 Å². The number of halogens is 1. The molecule has 1 nitrogen and oxygen atoms in total. The molecule has 0 heterocycles. The molecule has 1 unspecified atom stereocenters. The van der Waals surface area contributed by atoms with Crippen LogP contribution in [0.4, 0.5) is 0 Å². The fourth-order valence-electron chi connectivity index (χ4n) is 1.70. The van der Waals surface area contributed by atoms with Crippen molar-refractivity contribution in [2.75, 3.05) is 0 Å². The lowest BCUT2D eigenvalue weighted by Gasteiger charge is -2.12. The molecule has 1 aromatic carbocycles. The van der Waals surface area contributed by atoms with Crippen LogP contribution in [0.5, 0.6) is 0 Å². The predicted octanol–water partition coefficient (Wildman–Crippen LogP) is 3.59. The van der Waals surface area contributed by atoms with E-state index in [-0.39, 0.29) is 6.10 Å². The molecule has 2 heteroatoms. The Balaban J connectivity index is 2.13. The van der Waals surface area contributed by atoms with Crippen molar-refractivity contribution in [2.45, 2.75) is 32.3 Å². The second-order valence-corrected chi connectivity index (χ2v) is 5.07. The van der Waals surface area contributed by atoms with E-state index in [2.05, 4.69) is 35.0 Å². The zero-order chi connectivity index (χ0) is 10.1. The maximum Gasteiger partial charge on any atom is 0.0803 e. The van der Waals surface area contributed by atoms with E-state index in [0.717, 1.165) is 22.4 Å². The monoisotopic (exact) mass is 254 g/mol. The highest BCUT2D eigenvalue weighted by Crippen LogP contribution is 2.39. The first-order valence-electron chi connectivity index (χ1n) is 5.11. The van der Waals surface area contributed by atoms with Crippen LogP contribution in [0.3, 0.4) is 0 Å². The standard InChI is InChI=1S/C12H15BrO/c1-8-2-5-10(11(13)6-8)12(14)7-9-3-4-9/h2,5-6,9,12,14H,3-4,7H2,1H3. The molecule has 1 aliphatic carbocycles. The third-order valence-electron chi connectivity index (χ3n) is 2.77. The minimum atomic E-state index is -0.294. The largest absolute Gasteiger partial charge is 0.388 e. The SMILES string of the molecule is Cc1ccc(C(O)CC2CC2)c(Br)c1. The Labute approximate surface area is 93.3 Å². The second kappa shape index (κ2) is 4.03. The van der Waals surface area contributed by atoms with Gasteiger partial charge in [0.15, 0.2) is 0 Å². The van der Waals surface area contributed by atoms with Crippen molar-refractivity contribution in [1.29, 1.82) is 0 Å². The van der Waals surface area contributed by atoms with Crippen LogP contribution in [0.25, 0.3) is 0 Å². The average Bonchev–Trinajstić information content (AvgIpc) is 2.87. The van der Waals surface area contributed by atoms with E-state index in [1.165, 1.54) is 18.4 Å². The highest BCUT2D eigenvalue weighted by atomic mass is 79.9. The maximum absolute atomic E-state index is 9.97. The summed E-state index contributed by atoms with van der Waals surface area (Å²) in [6, 6.07) is 6.13. The molecule has 76 valence electrons.